The number of hydrazone groups is 1. The first-order chi connectivity index (χ1) is 9.56. The molecule has 2 rings (SSSR count). The number of benzene rings is 1. The molecule has 0 unspecified atom stereocenters. The fraction of sp³-hybridized carbons (Fsp3) is 0. The number of nitrogens with zero attached hydrogens (tertiary/aromatic N) is 1. The first-order valence-electron chi connectivity index (χ1n) is 5.47. The highest BCUT2D eigenvalue weighted by Gasteiger charge is 2.09. The molecule has 0 atom stereocenters. The number of aromatic amines is 2. The van der Waals surface area contributed by atoms with E-state index < -0.39 is 17.2 Å². The molecule has 1 heterocycles. The maximum absolute atomic E-state index is 11.6. The number of aromatic nitrogens is 2. The van der Waals surface area contributed by atoms with Crippen molar-refractivity contribution in [3.8, 4) is 0 Å². The number of amides is 1. The second-order valence-corrected chi connectivity index (χ2v) is 4.65. The van der Waals surface area contributed by atoms with Crippen LogP contribution in [0.4, 0.5) is 0 Å². The summed E-state index contributed by atoms with van der Waals surface area (Å²) in [6.45, 7) is 0. The Kier molecular flexibility index (Phi) is 4.26. The highest BCUT2D eigenvalue weighted by atomic mass is 79.9. The van der Waals surface area contributed by atoms with Gasteiger partial charge in [0.05, 0.1) is 6.21 Å². The molecule has 1 aromatic carbocycles. The fourth-order valence-corrected chi connectivity index (χ4v) is 1.62. The molecule has 0 saturated carbocycles. The Morgan fingerprint density at radius 1 is 1.25 bits per heavy atom. The molecule has 0 aliphatic carbocycles. The van der Waals surface area contributed by atoms with Gasteiger partial charge in [0.2, 0.25) is 0 Å². The molecule has 1 aromatic heterocycles. The number of hydrogen-bond acceptors (Lipinski definition) is 4. The topological polar surface area (TPSA) is 107 Å². The van der Waals surface area contributed by atoms with E-state index in [1.165, 1.54) is 6.21 Å². The van der Waals surface area contributed by atoms with Crippen molar-refractivity contribution < 1.29 is 4.79 Å². The van der Waals surface area contributed by atoms with Crippen LogP contribution in [0.1, 0.15) is 15.9 Å². The zero-order chi connectivity index (χ0) is 14.5. The maximum Gasteiger partial charge on any atom is 0.325 e. The minimum Gasteiger partial charge on any atom is -0.313 e. The van der Waals surface area contributed by atoms with Crippen molar-refractivity contribution in [3.63, 3.8) is 0 Å². The van der Waals surface area contributed by atoms with Gasteiger partial charge in [0, 0.05) is 10.7 Å². The normalized spacial score (nSPS) is 10.7. The van der Waals surface area contributed by atoms with E-state index >= 15 is 0 Å². The van der Waals surface area contributed by atoms with E-state index in [0.29, 0.717) is 0 Å². The van der Waals surface area contributed by atoms with Gasteiger partial charge in [-0.3, -0.25) is 14.6 Å². The van der Waals surface area contributed by atoms with Crippen molar-refractivity contribution in [2.75, 3.05) is 0 Å². The average molecular weight is 337 g/mol. The van der Waals surface area contributed by atoms with Gasteiger partial charge in [-0.15, -0.1) is 0 Å². The smallest absolute Gasteiger partial charge is 0.313 e. The summed E-state index contributed by atoms with van der Waals surface area (Å²) in [5, 5.41) is 3.73. The van der Waals surface area contributed by atoms with Gasteiger partial charge < -0.3 is 4.98 Å². The third-order valence-electron chi connectivity index (χ3n) is 2.31. The molecule has 0 radical (unpaired) electrons. The Bertz CT molecular complexity index is 761. The van der Waals surface area contributed by atoms with Crippen molar-refractivity contribution in [1.29, 1.82) is 0 Å². The lowest BCUT2D eigenvalue weighted by Gasteiger charge is -1.98. The Morgan fingerprint density at radius 2 is 1.95 bits per heavy atom. The molecule has 0 fully saturated rings. The van der Waals surface area contributed by atoms with Crippen LogP contribution in [0.3, 0.4) is 0 Å². The van der Waals surface area contributed by atoms with Crippen LogP contribution in [0.25, 0.3) is 0 Å². The molecule has 0 aliphatic heterocycles. The van der Waals surface area contributed by atoms with Crippen LogP contribution in [-0.4, -0.2) is 22.1 Å². The number of carbonyl (C=O) groups is 1. The second-order valence-electron chi connectivity index (χ2n) is 3.74. The fourth-order valence-electron chi connectivity index (χ4n) is 1.35. The molecule has 102 valence electrons. The van der Waals surface area contributed by atoms with E-state index in [0.717, 1.165) is 16.2 Å². The summed E-state index contributed by atoms with van der Waals surface area (Å²) in [7, 11) is 0. The molecule has 0 bridgehead atoms. The zero-order valence-electron chi connectivity index (χ0n) is 10.0. The molecule has 3 N–H and O–H groups in total. The van der Waals surface area contributed by atoms with Gasteiger partial charge in [-0.2, -0.15) is 5.10 Å². The summed E-state index contributed by atoms with van der Waals surface area (Å²) in [6.07, 6.45) is 2.47. The lowest BCUT2D eigenvalue weighted by Crippen LogP contribution is -2.31. The van der Waals surface area contributed by atoms with Gasteiger partial charge in [-0.05, 0) is 17.7 Å². The molecule has 1 amide bonds. The highest BCUT2D eigenvalue weighted by molar-refractivity contribution is 9.10. The third kappa shape index (κ3) is 3.51. The lowest BCUT2D eigenvalue weighted by molar-refractivity contribution is 0.0953. The van der Waals surface area contributed by atoms with E-state index in [1.807, 2.05) is 17.1 Å². The standard InChI is InChI=1S/C12H9BrN4O3/c13-8-3-1-7(2-4-8)5-15-17-11(19)9-6-14-12(20)16-10(9)18/h1-6H,(H,17,19)(H2,14,16,18,20)/b15-5-. The van der Waals surface area contributed by atoms with Gasteiger partial charge in [0.1, 0.15) is 5.56 Å². The van der Waals surface area contributed by atoms with Crippen LogP contribution in [0.2, 0.25) is 0 Å². The monoisotopic (exact) mass is 336 g/mol. The minimum absolute atomic E-state index is 0.224. The van der Waals surface area contributed by atoms with Crippen LogP contribution in [0, 0.1) is 0 Å². The van der Waals surface area contributed by atoms with Crippen molar-refractivity contribution >= 4 is 28.1 Å². The van der Waals surface area contributed by atoms with Gasteiger partial charge in [-0.25, -0.2) is 10.2 Å². The summed E-state index contributed by atoms with van der Waals surface area (Å²) in [5.74, 6) is -0.712. The predicted molar refractivity (Wildman–Crippen MR) is 76.9 cm³/mol. The summed E-state index contributed by atoms with van der Waals surface area (Å²) in [6, 6.07) is 7.25. The van der Waals surface area contributed by atoms with Gasteiger partial charge in [0.25, 0.3) is 11.5 Å². The Balaban J connectivity index is 2.07. The van der Waals surface area contributed by atoms with E-state index in [4.69, 9.17) is 0 Å². The Labute approximate surface area is 120 Å². The second kappa shape index (κ2) is 6.11. The first kappa shape index (κ1) is 13.9. The minimum atomic E-state index is -0.773. The Hall–Kier alpha value is -2.48. The molecule has 8 heteroatoms. The highest BCUT2D eigenvalue weighted by Crippen LogP contribution is 2.08. The lowest BCUT2D eigenvalue weighted by atomic mass is 10.2. The predicted octanol–water partition coefficient (Wildman–Crippen LogP) is 0.590. The molecule has 2 aromatic rings. The zero-order valence-corrected chi connectivity index (χ0v) is 11.6. The van der Waals surface area contributed by atoms with Gasteiger partial charge in [-0.1, -0.05) is 28.1 Å². The van der Waals surface area contributed by atoms with Crippen LogP contribution in [-0.2, 0) is 0 Å². The number of carbonyl (C=O) groups excluding carboxylic acids is 1. The van der Waals surface area contributed by atoms with Gasteiger partial charge >= 0.3 is 5.69 Å². The SMILES string of the molecule is O=C(N/N=C\c1ccc(Br)cc1)c1c[nH]c(=O)[nH]c1=O. The van der Waals surface area contributed by atoms with E-state index in [-0.39, 0.29) is 5.56 Å². The van der Waals surface area contributed by atoms with Crippen LogP contribution < -0.4 is 16.7 Å². The number of nitrogens with one attached hydrogen (secondary N) is 3. The van der Waals surface area contributed by atoms with Crippen LogP contribution in [0.15, 0.2) is 49.6 Å². The Morgan fingerprint density at radius 3 is 2.60 bits per heavy atom. The molecule has 0 aliphatic rings. The van der Waals surface area contributed by atoms with Crippen LogP contribution in [0.5, 0.6) is 0 Å². The van der Waals surface area contributed by atoms with Gasteiger partial charge in [0.15, 0.2) is 0 Å². The number of hydrogen-bond donors (Lipinski definition) is 3. The summed E-state index contributed by atoms with van der Waals surface area (Å²) in [5.41, 5.74) is 1.31. The van der Waals surface area contributed by atoms with E-state index in [1.54, 1.807) is 12.1 Å². The molecule has 7 nitrogen and oxygen atoms in total. The van der Waals surface area contributed by atoms with E-state index in [2.05, 4.69) is 31.4 Å². The van der Waals surface area contributed by atoms with E-state index in [9.17, 15) is 14.4 Å². The number of rotatable bonds is 3. The quantitative estimate of drug-likeness (QED) is 0.563. The van der Waals surface area contributed by atoms with Crippen molar-refractivity contribution in [3.05, 3.63) is 66.9 Å². The summed E-state index contributed by atoms with van der Waals surface area (Å²) >= 11 is 3.30. The molecular weight excluding hydrogens is 328 g/mol. The first-order valence-corrected chi connectivity index (χ1v) is 6.26. The molecule has 20 heavy (non-hydrogen) atoms. The maximum atomic E-state index is 11.6. The molecule has 0 saturated heterocycles. The van der Waals surface area contributed by atoms with Crippen molar-refractivity contribution in [2.45, 2.75) is 0 Å². The van der Waals surface area contributed by atoms with Crippen molar-refractivity contribution in [2.24, 2.45) is 5.10 Å². The number of halogens is 1. The average Bonchev–Trinajstić information content (AvgIpc) is 2.41. The summed E-state index contributed by atoms with van der Waals surface area (Å²) in [4.78, 5) is 38.0. The third-order valence-corrected chi connectivity index (χ3v) is 2.84. The number of H-pyrrole nitrogens is 2. The van der Waals surface area contributed by atoms with Crippen molar-refractivity contribution in [1.82, 2.24) is 15.4 Å². The summed E-state index contributed by atoms with van der Waals surface area (Å²) < 4.78 is 0.929. The molecular formula is C12H9BrN4O3. The largest absolute Gasteiger partial charge is 0.325 e. The molecule has 0 spiro atoms. The van der Waals surface area contributed by atoms with Crippen LogP contribution >= 0.6 is 15.9 Å².